The van der Waals surface area contributed by atoms with Crippen LogP contribution in [0.25, 0.3) is 0 Å². The van der Waals surface area contributed by atoms with Gasteiger partial charge in [-0.2, -0.15) is 0 Å². The average Bonchev–Trinajstić information content (AvgIpc) is 2.94. The molecule has 0 atom stereocenters. The molecule has 0 bridgehead atoms. The summed E-state index contributed by atoms with van der Waals surface area (Å²) in [6.07, 6.45) is 0. The van der Waals surface area contributed by atoms with Gasteiger partial charge in [0.25, 0.3) is 0 Å². The minimum absolute atomic E-state index is 0.126. The Bertz CT molecular complexity index is 1570. The van der Waals surface area contributed by atoms with Crippen molar-refractivity contribution < 1.29 is 17.6 Å². The quantitative estimate of drug-likeness (QED) is 0.0964. The lowest BCUT2D eigenvalue weighted by Gasteiger charge is -2.23. The van der Waals surface area contributed by atoms with E-state index in [0.29, 0.717) is 0 Å². The van der Waals surface area contributed by atoms with Crippen molar-refractivity contribution in [1.29, 1.82) is 0 Å². The Labute approximate surface area is 304 Å². The van der Waals surface area contributed by atoms with E-state index < -0.39 is 28.7 Å². The van der Waals surface area contributed by atoms with E-state index in [1.54, 1.807) is 20.8 Å². The predicted molar refractivity (Wildman–Crippen MR) is 205 cm³/mol. The minimum Gasteiger partial charge on any atom is -0.203 e. The summed E-state index contributed by atoms with van der Waals surface area (Å²) in [5, 5.41) is 1.74. The SMILES string of the molecule is CC(C)(C)c1ccccc1Cl.Cc1c(F)c(F)c(F)c(F)c1C(C)(C)C.Cc1cccc(Cl)c1C(C)(C)C.Cc1ccccc1C(C)(C)C. The molecule has 0 fully saturated rings. The number of rotatable bonds is 0. The first-order chi connectivity index (χ1) is 22.1. The first-order valence-corrected chi connectivity index (χ1v) is 17.3. The molecule has 0 aromatic heterocycles. The van der Waals surface area contributed by atoms with Gasteiger partial charge in [-0.3, -0.25) is 0 Å². The van der Waals surface area contributed by atoms with E-state index in [1.165, 1.54) is 34.7 Å². The molecule has 0 amide bonds. The molecule has 4 rings (SSSR count). The van der Waals surface area contributed by atoms with Crippen LogP contribution >= 0.6 is 23.2 Å². The Morgan fingerprint density at radius 2 is 0.776 bits per heavy atom. The van der Waals surface area contributed by atoms with Gasteiger partial charge in [0.2, 0.25) is 0 Å². The van der Waals surface area contributed by atoms with Gasteiger partial charge in [-0.05, 0) is 87.9 Å². The summed E-state index contributed by atoms with van der Waals surface area (Å²) in [5.74, 6) is -6.13. The zero-order chi connectivity index (χ0) is 38.3. The second-order valence-electron chi connectivity index (χ2n) is 16.5. The lowest BCUT2D eigenvalue weighted by Crippen LogP contribution is -2.19. The fraction of sp³-hybridized carbons (Fsp3) is 0.442. The molecule has 0 saturated heterocycles. The van der Waals surface area contributed by atoms with E-state index in [2.05, 4.69) is 113 Å². The van der Waals surface area contributed by atoms with Crippen molar-refractivity contribution in [3.8, 4) is 0 Å². The maximum atomic E-state index is 13.4. The van der Waals surface area contributed by atoms with E-state index in [1.807, 2.05) is 30.3 Å². The molecular formula is C43H56Cl2F4. The second-order valence-corrected chi connectivity index (χ2v) is 17.3. The third-order valence-corrected chi connectivity index (χ3v) is 8.50. The Morgan fingerprint density at radius 3 is 1.12 bits per heavy atom. The number of halogens is 6. The molecule has 0 spiro atoms. The van der Waals surface area contributed by atoms with E-state index in [0.717, 1.165) is 10.0 Å². The summed E-state index contributed by atoms with van der Waals surface area (Å²) >= 11 is 12.1. The molecule has 0 aliphatic carbocycles. The monoisotopic (exact) mass is 718 g/mol. The highest BCUT2D eigenvalue weighted by Crippen LogP contribution is 2.34. The molecule has 0 nitrogen and oxygen atoms in total. The van der Waals surface area contributed by atoms with Crippen LogP contribution in [-0.2, 0) is 21.7 Å². The van der Waals surface area contributed by atoms with Crippen LogP contribution in [0.3, 0.4) is 0 Å². The minimum atomic E-state index is -1.75. The van der Waals surface area contributed by atoms with Crippen molar-refractivity contribution in [3.05, 3.63) is 139 Å². The van der Waals surface area contributed by atoms with Gasteiger partial charge in [-0.25, -0.2) is 17.6 Å². The summed E-state index contributed by atoms with van der Waals surface area (Å²) in [7, 11) is 0. The van der Waals surface area contributed by atoms with E-state index in [4.69, 9.17) is 23.2 Å². The highest BCUT2D eigenvalue weighted by atomic mass is 35.5. The van der Waals surface area contributed by atoms with Gasteiger partial charge in [-0.15, -0.1) is 0 Å². The van der Waals surface area contributed by atoms with E-state index >= 15 is 0 Å². The van der Waals surface area contributed by atoms with Crippen LogP contribution in [0.5, 0.6) is 0 Å². The maximum absolute atomic E-state index is 13.4. The van der Waals surface area contributed by atoms with Gasteiger partial charge < -0.3 is 0 Å². The van der Waals surface area contributed by atoms with E-state index in [-0.39, 0.29) is 27.4 Å². The molecular weight excluding hydrogens is 663 g/mol. The Balaban J connectivity index is 0.000000329. The van der Waals surface area contributed by atoms with Crippen molar-refractivity contribution in [2.75, 3.05) is 0 Å². The van der Waals surface area contributed by atoms with Gasteiger partial charge in [0.05, 0.1) is 0 Å². The van der Waals surface area contributed by atoms with Crippen LogP contribution in [0.2, 0.25) is 10.0 Å². The molecule has 4 aromatic rings. The molecule has 0 saturated carbocycles. The Kier molecular flexibility index (Phi) is 15.7. The third kappa shape index (κ3) is 12.8. The van der Waals surface area contributed by atoms with Crippen LogP contribution in [-0.4, -0.2) is 0 Å². The molecule has 4 aromatic carbocycles. The van der Waals surface area contributed by atoms with Gasteiger partial charge in [0.15, 0.2) is 23.3 Å². The number of benzene rings is 4. The van der Waals surface area contributed by atoms with Gasteiger partial charge in [0.1, 0.15) is 0 Å². The number of aryl methyl sites for hydroxylation is 2. The van der Waals surface area contributed by atoms with Crippen molar-refractivity contribution in [2.24, 2.45) is 0 Å². The summed E-state index contributed by atoms with van der Waals surface area (Å²) in [6.45, 7) is 30.1. The normalized spacial score (nSPS) is 11.8. The smallest absolute Gasteiger partial charge is 0.197 e. The average molecular weight is 720 g/mol. The molecule has 0 heterocycles. The zero-order valence-corrected chi connectivity index (χ0v) is 33.6. The Morgan fingerprint density at radius 1 is 0.388 bits per heavy atom. The molecule has 0 N–H and O–H groups in total. The standard InChI is InChI=1S/C11H15Cl.C11H12F4.C11H16.C10H13Cl/c1-8-6-5-7-9(12)10(8)11(2,3)4;1-5-6(11(2,3)4)8(13)10(15)9(14)7(5)12;1-9-7-5-6-8-10(9)11(2,3)4;1-10(2,3)8-6-4-5-7-9(8)11/h5-7H,1-4H3;1-4H3;5-8H,1-4H3;4-7H,1-3H3. The highest BCUT2D eigenvalue weighted by molar-refractivity contribution is 6.31. The number of hydrogen-bond acceptors (Lipinski definition) is 0. The predicted octanol–water partition coefficient (Wildman–Crippen LogP) is 14.7. The first-order valence-electron chi connectivity index (χ1n) is 16.5. The fourth-order valence-corrected chi connectivity index (χ4v) is 6.62. The highest BCUT2D eigenvalue weighted by Gasteiger charge is 2.29. The lowest BCUT2D eigenvalue weighted by molar-refractivity contribution is 0.386. The van der Waals surface area contributed by atoms with Crippen molar-refractivity contribution in [1.82, 2.24) is 0 Å². The van der Waals surface area contributed by atoms with Crippen LogP contribution in [0, 0.1) is 44.0 Å². The summed E-state index contributed by atoms with van der Waals surface area (Å²) in [5.41, 5.74) is 6.07. The van der Waals surface area contributed by atoms with Gasteiger partial charge in [0, 0.05) is 15.6 Å². The van der Waals surface area contributed by atoms with Gasteiger partial charge >= 0.3 is 0 Å². The second kappa shape index (κ2) is 17.4. The number of hydrogen-bond donors (Lipinski definition) is 0. The summed E-state index contributed by atoms with van der Waals surface area (Å²) in [4.78, 5) is 0. The van der Waals surface area contributed by atoms with Crippen LogP contribution < -0.4 is 0 Å². The van der Waals surface area contributed by atoms with Crippen LogP contribution in [0.4, 0.5) is 17.6 Å². The van der Waals surface area contributed by atoms with E-state index in [9.17, 15) is 17.6 Å². The van der Waals surface area contributed by atoms with Crippen molar-refractivity contribution >= 4 is 23.2 Å². The molecule has 6 heteroatoms. The fourth-order valence-electron chi connectivity index (χ4n) is 5.70. The van der Waals surface area contributed by atoms with Gasteiger partial charge in [-0.1, -0.05) is 161 Å². The Hall–Kier alpha value is -2.82. The molecule has 270 valence electrons. The molecule has 0 aliphatic rings. The largest absolute Gasteiger partial charge is 0.203 e. The molecule has 49 heavy (non-hydrogen) atoms. The van der Waals surface area contributed by atoms with Crippen LogP contribution in [0.15, 0.2) is 66.7 Å². The third-order valence-electron chi connectivity index (χ3n) is 7.86. The molecule has 0 radical (unpaired) electrons. The van der Waals surface area contributed by atoms with Crippen molar-refractivity contribution in [2.45, 2.75) is 126 Å². The summed E-state index contributed by atoms with van der Waals surface area (Å²) < 4.78 is 52.4. The first kappa shape index (κ1) is 44.2. The lowest BCUT2D eigenvalue weighted by atomic mass is 9.83. The zero-order valence-electron chi connectivity index (χ0n) is 32.1. The maximum Gasteiger partial charge on any atom is 0.197 e. The molecule has 0 unspecified atom stereocenters. The topological polar surface area (TPSA) is 0 Å². The van der Waals surface area contributed by atoms with Crippen molar-refractivity contribution in [3.63, 3.8) is 0 Å². The summed E-state index contributed by atoms with van der Waals surface area (Å²) in [6, 6.07) is 22.6. The molecule has 0 aliphatic heterocycles. The van der Waals surface area contributed by atoms with Crippen LogP contribution in [0.1, 0.15) is 122 Å².